The van der Waals surface area contributed by atoms with E-state index in [1.807, 2.05) is 0 Å². The van der Waals surface area contributed by atoms with Gasteiger partial charge in [0.2, 0.25) is 5.75 Å². The van der Waals surface area contributed by atoms with Crippen LogP contribution in [-0.4, -0.2) is 30.7 Å². The SMILES string of the molecule is CCCC(C)COc1ncnc(NC)c1OC. The van der Waals surface area contributed by atoms with Crippen LogP contribution in [0.25, 0.3) is 0 Å². The summed E-state index contributed by atoms with van der Waals surface area (Å²) in [6.07, 6.45) is 3.77. The van der Waals surface area contributed by atoms with Gasteiger partial charge in [0, 0.05) is 7.05 Å². The fourth-order valence-corrected chi connectivity index (χ4v) is 1.62. The highest BCUT2D eigenvalue weighted by molar-refractivity contribution is 5.54. The average molecular weight is 239 g/mol. The molecule has 17 heavy (non-hydrogen) atoms. The van der Waals surface area contributed by atoms with Crippen LogP contribution >= 0.6 is 0 Å². The Kier molecular flexibility index (Phi) is 5.52. The molecule has 1 aromatic rings. The quantitative estimate of drug-likeness (QED) is 0.791. The normalized spacial score (nSPS) is 12.0. The fraction of sp³-hybridized carbons (Fsp3) is 0.667. The standard InChI is InChI=1S/C12H21N3O2/c1-5-6-9(2)7-17-12-10(16-4)11(13-3)14-8-15-12/h8-9H,5-7H2,1-4H3,(H,13,14,15). The molecule has 5 heteroatoms. The Morgan fingerprint density at radius 2 is 2.18 bits per heavy atom. The molecule has 1 aromatic heterocycles. The molecular weight excluding hydrogens is 218 g/mol. The Morgan fingerprint density at radius 3 is 2.76 bits per heavy atom. The molecule has 1 N–H and O–H groups in total. The van der Waals surface area contributed by atoms with Gasteiger partial charge in [-0.25, -0.2) is 4.98 Å². The molecule has 96 valence electrons. The summed E-state index contributed by atoms with van der Waals surface area (Å²) >= 11 is 0. The van der Waals surface area contributed by atoms with E-state index < -0.39 is 0 Å². The second kappa shape index (κ2) is 6.93. The number of hydrogen-bond donors (Lipinski definition) is 1. The summed E-state index contributed by atoms with van der Waals surface area (Å²) in [5.74, 6) is 2.20. The maximum absolute atomic E-state index is 5.67. The van der Waals surface area contributed by atoms with E-state index in [9.17, 15) is 0 Å². The number of ether oxygens (including phenoxy) is 2. The lowest BCUT2D eigenvalue weighted by Gasteiger charge is -2.14. The summed E-state index contributed by atoms with van der Waals surface area (Å²) in [6.45, 7) is 4.97. The van der Waals surface area contributed by atoms with Crippen molar-refractivity contribution in [2.24, 2.45) is 5.92 Å². The Balaban J connectivity index is 2.70. The summed E-state index contributed by atoms with van der Waals surface area (Å²) in [5, 5.41) is 2.94. The van der Waals surface area contributed by atoms with Crippen LogP contribution in [0.3, 0.4) is 0 Å². The predicted molar refractivity (Wildman–Crippen MR) is 67.7 cm³/mol. The molecule has 0 saturated carbocycles. The summed E-state index contributed by atoms with van der Waals surface area (Å²) < 4.78 is 10.9. The summed E-state index contributed by atoms with van der Waals surface area (Å²) in [7, 11) is 3.37. The molecule has 0 aliphatic heterocycles. The number of anilines is 1. The molecule has 1 unspecified atom stereocenters. The van der Waals surface area contributed by atoms with Crippen LogP contribution < -0.4 is 14.8 Å². The number of rotatable bonds is 7. The lowest BCUT2D eigenvalue weighted by Crippen LogP contribution is -2.10. The van der Waals surface area contributed by atoms with Crippen molar-refractivity contribution in [3.63, 3.8) is 0 Å². The lowest BCUT2D eigenvalue weighted by molar-refractivity contribution is 0.231. The van der Waals surface area contributed by atoms with Crippen LogP contribution in [0.2, 0.25) is 0 Å². The second-order valence-electron chi connectivity index (χ2n) is 4.02. The van der Waals surface area contributed by atoms with Gasteiger partial charge in [-0.1, -0.05) is 20.3 Å². The molecule has 1 atom stereocenters. The second-order valence-corrected chi connectivity index (χ2v) is 4.02. The largest absolute Gasteiger partial charge is 0.489 e. The van der Waals surface area contributed by atoms with E-state index in [1.54, 1.807) is 14.2 Å². The smallest absolute Gasteiger partial charge is 0.262 e. The van der Waals surface area contributed by atoms with Crippen molar-refractivity contribution >= 4 is 5.82 Å². The van der Waals surface area contributed by atoms with Gasteiger partial charge in [0.1, 0.15) is 6.33 Å². The lowest BCUT2D eigenvalue weighted by atomic mass is 10.1. The third-order valence-electron chi connectivity index (χ3n) is 2.50. The van der Waals surface area contributed by atoms with Crippen LogP contribution in [0.5, 0.6) is 11.6 Å². The number of methoxy groups -OCH3 is 1. The molecule has 0 aliphatic rings. The summed E-state index contributed by atoms with van der Waals surface area (Å²) in [4.78, 5) is 8.16. The molecule has 5 nitrogen and oxygen atoms in total. The summed E-state index contributed by atoms with van der Waals surface area (Å²) in [6, 6.07) is 0. The van der Waals surface area contributed by atoms with Gasteiger partial charge >= 0.3 is 0 Å². The van der Waals surface area contributed by atoms with E-state index in [4.69, 9.17) is 9.47 Å². The molecular formula is C12H21N3O2. The molecule has 0 saturated heterocycles. The summed E-state index contributed by atoms with van der Waals surface area (Å²) in [5.41, 5.74) is 0. The number of aromatic nitrogens is 2. The van der Waals surface area contributed by atoms with Gasteiger partial charge in [0.15, 0.2) is 5.82 Å². The number of nitrogens with one attached hydrogen (secondary N) is 1. The molecule has 0 aliphatic carbocycles. The fourth-order valence-electron chi connectivity index (χ4n) is 1.62. The Labute approximate surface area is 103 Å². The van der Waals surface area contributed by atoms with Crippen molar-refractivity contribution in [1.29, 1.82) is 0 Å². The minimum Gasteiger partial charge on any atom is -0.489 e. The van der Waals surface area contributed by atoms with E-state index in [1.165, 1.54) is 6.33 Å². The Hall–Kier alpha value is -1.52. The topological polar surface area (TPSA) is 56.3 Å². The number of hydrogen-bond acceptors (Lipinski definition) is 5. The maximum Gasteiger partial charge on any atom is 0.262 e. The molecule has 0 aromatic carbocycles. The highest BCUT2D eigenvalue weighted by atomic mass is 16.5. The van der Waals surface area contributed by atoms with Crippen LogP contribution in [0.1, 0.15) is 26.7 Å². The van der Waals surface area contributed by atoms with E-state index in [0.717, 1.165) is 12.8 Å². The highest BCUT2D eigenvalue weighted by Gasteiger charge is 2.13. The monoisotopic (exact) mass is 239 g/mol. The van der Waals surface area contributed by atoms with Crippen LogP contribution in [-0.2, 0) is 0 Å². The first-order valence-electron chi connectivity index (χ1n) is 5.92. The first-order valence-corrected chi connectivity index (χ1v) is 5.92. The van der Waals surface area contributed by atoms with Crippen molar-refractivity contribution in [1.82, 2.24) is 9.97 Å². The van der Waals surface area contributed by atoms with Crippen molar-refractivity contribution < 1.29 is 9.47 Å². The molecule has 0 spiro atoms. The average Bonchev–Trinajstić information content (AvgIpc) is 2.36. The molecule has 1 heterocycles. The van der Waals surface area contributed by atoms with Crippen LogP contribution in [0, 0.1) is 5.92 Å². The van der Waals surface area contributed by atoms with Crippen molar-refractivity contribution in [2.75, 3.05) is 26.1 Å². The zero-order valence-electron chi connectivity index (χ0n) is 11.0. The van der Waals surface area contributed by atoms with Crippen molar-refractivity contribution in [3.05, 3.63) is 6.33 Å². The van der Waals surface area contributed by atoms with E-state index in [0.29, 0.717) is 30.0 Å². The third kappa shape index (κ3) is 3.76. The Morgan fingerprint density at radius 1 is 1.41 bits per heavy atom. The van der Waals surface area contributed by atoms with Gasteiger partial charge in [-0.15, -0.1) is 0 Å². The molecule has 0 bridgehead atoms. The molecule has 0 fully saturated rings. The van der Waals surface area contributed by atoms with Gasteiger partial charge in [0.25, 0.3) is 5.88 Å². The van der Waals surface area contributed by atoms with Gasteiger partial charge < -0.3 is 14.8 Å². The molecule has 0 amide bonds. The van der Waals surface area contributed by atoms with Crippen molar-refractivity contribution in [3.8, 4) is 11.6 Å². The van der Waals surface area contributed by atoms with E-state index >= 15 is 0 Å². The first kappa shape index (κ1) is 13.5. The molecule has 0 radical (unpaired) electrons. The van der Waals surface area contributed by atoms with Crippen LogP contribution in [0.4, 0.5) is 5.82 Å². The maximum atomic E-state index is 5.67. The van der Waals surface area contributed by atoms with Crippen molar-refractivity contribution in [2.45, 2.75) is 26.7 Å². The first-order chi connectivity index (χ1) is 8.22. The predicted octanol–water partition coefficient (Wildman–Crippen LogP) is 2.34. The number of nitrogens with zero attached hydrogens (tertiary/aromatic N) is 2. The zero-order chi connectivity index (χ0) is 12.7. The van der Waals surface area contributed by atoms with Crippen LogP contribution in [0.15, 0.2) is 6.33 Å². The molecule has 1 rings (SSSR count). The third-order valence-corrected chi connectivity index (χ3v) is 2.50. The minimum absolute atomic E-state index is 0.495. The van der Waals surface area contributed by atoms with E-state index in [-0.39, 0.29) is 0 Å². The highest BCUT2D eigenvalue weighted by Crippen LogP contribution is 2.30. The van der Waals surface area contributed by atoms with E-state index in [2.05, 4.69) is 29.1 Å². The van der Waals surface area contributed by atoms with Gasteiger partial charge in [-0.3, -0.25) is 0 Å². The Bertz CT molecular complexity index is 345. The van der Waals surface area contributed by atoms with Gasteiger partial charge in [-0.2, -0.15) is 4.98 Å². The zero-order valence-corrected chi connectivity index (χ0v) is 11.0. The van der Waals surface area contributed by atoms with Gasteiger partial charge in [-0.05, 0) is 12.3 Å². The minimum atomic E-state index is 0.495. The van der Waals surface area contributed by atoms with Gasteiger partial charge in [0.05, 0.1) is 13.7 Å².